The molecule has 0 atom stereocenters. The van der Waals surface area contributed by atoms with Gasteiger partial charge in [-0.1, -0.05) is 18.7 Å². The molecule has 0 bridgehead atoms. The summed E-state index contributed by atoms with van der Waals surface area (Å²) in [7, 11) is 0. The topological polar surface area (TPSA) is 62.7 Å². The smallest absolute Gasteiger partial charge is 0.316 e. The molecule has 1 aromatic rings. The molecule has 6 heteroatoms. The second kappa shape index (κ2) is 6.75. The van der Waals surface area contributed by atoms with Crippen LogP contribution in [0.4, 0.5) is 0 Å². The van der Waals surface area contributed by atoms with E-state index in [-0.39, 0.29) is 11.7 Å². The fourth-order valence-electron chi connectivity index (χ4n) is 1.36. The summed E-state index contributed by atoms with van der Waals surface area (Å²) >= 11 is 1.60. The zero-order valence-electron chi connectivity index (χ0n) is 10.1. The molecule has 0 amide bonds. The second-order valence-electron chi connectivity index (χ2n) is 3.87. The molecule has 16 heavy (non-hydrogen) atoms. The van der Waals surface area contributed by atoms with Gasteiger partial charge in [-0.2, -0.15) is 0 Å². The molecule has 0 spiro atoms. The van der Waals surface area contributed by atoms with Gasteiger partial charge in [-0.05, 0) is 26.8 Å². The summed E-state index contributed by atoms with van der Waals surface area (Å²) in [5, 5.41) is 10.6. The molecule has 0 saturated carbocycles. The number of H-pyrrole nitrogens is 1. The van der Waals surface area contributed by atoms with E-state index < -0.39 is 0 Å². The number of aromatic nitrogens is 3. The maximum Gasteiger partial charge on any atom is 0.344 e. The minimum absolute atomic E-state index is 0.126. The molecule has 0 saturated heterocycles. The van der Waals surface area contributed by atoms with Crippen LogP contribution in [0, 0.1) is 0 Å². The van der Waals surface area contributed by atoms with Crippen molar-refractivity contribution in [1.82, 2.24) is 20.1 Å². The van der Waals surface area contributed by atoms with Crippen molar-refractivity contribution in [2.24, 2.45) is 0 Å². The van der Waals surface area contributed by atoms with Crippen molar-refractivity contribution >= 4 is 11.8 Å². The molecule has 1 aromatic heterocycles. The summed E-state index contributed by atoms with van der Waals surface area (Å²) in [6.45, 7) is 8.09. The SMILES string of the molecule is CCCNCCSc1n[nH]c(=O)n1C(C)C. The van der Waals surface area contributed by atoms with E-state index in [2.05, 4.69) is 22.4 Å². The van der Waals surface area contributed by atoms with Crippen molar-refractivity contribution in [3.8, 4) is 0 Å². The average Bonchev–Trinajstić information content (AvgIpc) is 2.59. The predicted molar refractivity (Wildman–Crippen MR) is 67.1 cm³/mol. The fourth-order valence-corrected chi connectivity index (χ4v) is 2.34. The molecule has 0 aliphatic heterocycles. The molecule has 0 aliphatic carbocycles. The number of aromatic amines is 1. The van der Waals surface area contributed by atoms with Gasteiger partial charge < -0.3 is 5.32 Å². The summed E-state index contributed by atoms with van der Waals surface area (Å²) in [4.78, 5) is 11.4. The molecule has 2 N–H and O–H groups in total. The van der Waals surface area contributed by atoms with Gasteiger partial charge >= 0.3 is 5.69 Å². The molecule has 0 aliphatic rings. The number of hydrogen-bond acceptors (Lipinski definition) is 4. The van der Waals surface area contributed by atoms with Crippen molar-refractivity contribution in [3.63, 3.8) is 0 Å². The van der Waals surface area contributed by atoms with Crippen molar-refractivity contribution in [3.05, 3.63) is 10.5 Å². The Labute approximate surface area is 100 Å². The van der Waals surface area contributed by atoms with Gasteiger partial charge in [-0.3, -0.25) is 4.57 Å². The van der Waals surface area contributed by atoms with E-state index in [0.29, 0.717) is 0 Å². The maximum absolute atomic E-state index is 11.4. The van der Waals surface area contributed by atoms with Crippen LogP contribution in [0.5, 0.6) is 0 Å². The Kier molecular flexibility index (Phi) is 5.62. The molecule has 92 valence electrons. The third kappa shape index (κ3) is 3.68. The summed E-state index contributed by atoms with van der Waals surface area (Å²) in [5.41, 5.74) is -0.126. The molecule has 1 heterocycles. The average molecular weight is 244 g/mol. The van der Waals surface area contributed by atoms with Gasteiger partial charge in [0, 0.05) is 18.3 Å². The zero-order valence-corrected chi connectivity index (χ0v) is 10.9. The van der Waals surface area contributed by atoms with Crippen LogP contribution in [0.25, 0.3) is 0 Å². The lowest BCUT2D eigenvalue weighted by molar-refractivity contribution is 0.534. The largest absolute Gasteiger partial charge is 0.344 e. The summed E-state index contributed by atoms with van der Waals surface area (Å²) in [6, 6.07) is 0.150. The third-order valence-corrected chi connectivity index (χ3v) is 3.08. The van der Waals surface area contributed by atoms with Crippen LogP contribution in [-0.2, 0) is 0 Å². The van der Waals surface area contributed by atoms with Gasteiger partial charge in [0.1, 0.15) is 0 Å². The Balaban J connectivity index is 2.45. The van der Waals surface area contributed by atoms with E-state index in [1.54, 1.807) is 16.3 Å². The highest BCUT2D eigenvalue weighted by molar-refractivity contribution is 7.99. The molecule has 0 fully saturated rings. The van der Waals surface area contributed by atoms with Gasteiger partial charge in [0.15, 0.2) is 5.16 Å². The van der Waals surface area contributed by atoms with Crippen LogP contribution in [-0.4, -0.2) is 33.6 Å². The summed E-state index contributed by atoms with van der Waals surface area (Å²) in [6.07, 6.45) is 1.14. The zero-order chi connectivity index (χ0) is 12.0. The first-order chi connectivity index (χ1) is 7.66. The Morgan fingerprint density at radius 1 is 1.50 bits per heavy atom. The molecule has 5 nitrogen and oxygen atoms in total. The lowest BCUT2D eigenvalue weighted by atomic mass is 10.4. The number of thioether (sulfide) groups is 1. The van der Waals surface area contributed by atoms with E-state index >= 15 is 0 Å². The Morgan fingerprint density at radius 3 is 2.88 bits per heavy atom. The van der Waals surface area contributed by atoms with E-state index in [0.717, 1.165) is 30.4 Å². The number of hydrogen-bond donors (Lipinski definition) is 2. The summed E-state index contributed by atoms with van der Waals surface area (Å²) < 4.78 is 1.69. The Morgan fingerprint density at radius 2 is 2.25 bits per heavy atom. The standard InChI is InChI=1S/C10H20N4OS/c1-4-5-11-6-7-16-10-13-12-9(15)14(10)8(2)3/h8,11H,4-7H2,1-3H3,(H,12,15). The van der Waals surface area contributed by atoms with Crippen molar-refractivity contribution < 1.29 is 0 Å². The van der Waals surface area contributed by atoms with Crippen LogP contribution < -0.4 is 11.0 Å². The molecular weight excluding hydrogens is 224 g/mol. The van der Waals surface area contributed by atoms with E-state index in [1.165, 1.54) is 0 Å². The normalized spacial score (nSPS) is 11.2. The Hall–Kier alpha value is -0.750. The van der Waals surface area contributed by atoms with Crippen molar-refractivity contribution in [2.75, 3.05) is 18.8 Å². The highest BCUT2D eigenvalue weighted by atomic mass is 32.2. The van der Waals surface area contributed by atoms with E-state index in [1.807, 2.05) is 13.8 Å². The fraction of sp³-hybridized carbons (Fsp3) is 0.800. The highest BCUT2D eigenvalue weighted by Crippen LogP contribution is 2.15. The lowest BCUT2D eigenvalue weighted by Gasteiger charge is -2.08. The number of nitrogens with zero attached hydrogens (tertiary/aromatic N) is 2. The van der Waals surface area contributed by atoms with Crippen LogP contribution in [0.2, 0.25) is 0 Å². The van der Waals surface area contributed by atoms with Crippen LogP contribution in [0.1, 0.15) is 33.2 Å². The molecule has 0 aromatic carbocycles. The van der Waals surface area contributed by atoms with Gasteiger partial charge in [0.2, 0.25) is 0 Å². The van der Waals surface area contributed by atoms with Gasteiger partial charge in [-0.15, -0.1) is 5.10 Å². The lowest BCUT2D eigenvalue weighted by Crippen LogP contribution is -2.20. The van der Waals surface area contributed by atoms with Crippen LogP contribution in [0.3, 0.4) is 0 Å². The minimum Gasteiger partial charge on any atom is -0.316 e. The minimum atomic E-state index is -0.126. The van der Waals surface area contributed by atoms with E-state index in [4.69, 9.17) is 0 Å². The van der Waals surface area contributed by atoms with Gasteiger partial charge in [0.25, 0.3) is 0 Å². The van der Waals surface area contributed by atoms with Gasteiger partial charge in [0.05, 0.1) is 0 Å². The number of rotatable bonds is 7. The third-order valence-electron chi connectivity index (χ3n) is 2.13. The first-order valence-electron chi connectivity index (χ1n) is 5.67. The predicted octanol–water partition coefficient (Wildman–Crippen LogP) is 1.24. The maximum atomic E-state index is 11.4. The van der Waals surface area contributed by atoms with E-state index in [9.17, 15) is 4.79 Å². The van der Waals surface area contributed by atoms with Crippen LogP contribution >= 0.6 is 11.8 Å². The first kappa shape index (κ1) is 13.3. The molecule has 0 radical (unpaired) electrons. The molecular formula is C10H20N4OS. The second-order valence-corrected chi connectivity index (χ2v) is 4.94. The van der Waals surface area contributed by atoms with Crippen LogP contribution in [0.15, 0.2) is 9.95 Å². The monoisotopic (exact) mass is 244 g/mol. The van der Waals surface area contributed by atoms with Crippen molar-refractivity contribution in [1.29, 1.82) is 0 Å². The quantitative estimate of drug-likeness (QED) is 0.559. The number of nitrogens with one attached hydrogen (secondary N) is 2. The molecule has 0 unspecified atom stereocenters. The van der Waals surface area contributed by atoms with Crippen molar-refractivity contribution in [2.45, 2.75) is 38.4 Å². The summed E-state index contributed by atoms with van der Waals surface area (Å²) in [5.74, 6) is 0.928. The van der Waals surface area contributed by atoms with Gasteiger partial charge in [-0.25, -0.2) is 9.89 Å². The molecule has 1 rings (SSSR count). The first-order valence-corrected chi connectivity index (χ1v) is 6.65. The highest BCUT2D eigenvalue weighted by Gasteiger charge is 2.10. The Bertz CT molecular complexity index is 358.